The topological polar surface area (TPSA) is 63.3 Å². The van der Waals surface area contributed by atoms with Crippen LogP contribution in [0.3, 0.4) is 0 Å². The van der Waals surface area contributed by atoms with Crippen LogP contribution >= 0.6 is 0 Å². The van der Waals surface area contributed by atoms with Crippen molar-refractivity contribution in [3.63, 3.8) is 0 Å². The number of aliphatic imine (C=N–C) groups is 1. The minimum absolute atomic E-state index is 0.694. The lowest BCUT2D eigenvalue weighted by Gasteiger charge is -2.05. The zero-order valence-corrected chi connectivity index (χ0v) is 8.62. The van der Waals surface area contributed by atoms with Crippen LogP contribution < -0.4 is 11.3 Å². The molecule has 0 fully saturated rings. The minimum Gasteiger partial charge on any atom is -0.308 e. The molecule has 0 aromatic carbocycles. The second-order valence-corrected chi connectivity index (χ2v) is 3.06. The first kappa shape index (κ1) is 10.7. The summed E-state index contributed by atoms with van der Waals surface area (Å²) >= 11 is 0. The van der Waals surface area contributed by atoms with E-state index in [1.54, 1.807) is 6.20 Å². The summed E-state index contributed by atoms with van der Waals surface area (Å²) in [5.74, 6) is 6.07. The normalized spacial score (nSPS) is 11.5. The third-order valence-electron chi connectivity index (χ3n) is 1.82. The second kappa shape index (κ2) is 5.34. The van der Waals surface area contributed by atoms with E-state index in [1.807, 2.05) is 19.1 Å². The predicted octanol–water partition coefficient (Wildman–Crippen LogP) is 1.01. The minimum atomic E-state index is 0.694. The number of hydrazine groups is 1. The van der Waals surface area contributed by atoms with E-state index in [0.29, 0.717) is 5.84 Å². The number of aryl methyl sites for hydroxylation is 1. The van der Waals surface area contributed by atoms with Crippen molar-refractivity contribution in [1.82, 2.24) is 10.4 Å². The van der Waals surface area contributed by atoms with Crippen LogP contribution in [0, 0.1) is 6.92 Å². The smallest absolute Gasteiger partial charge is 0.144 e. The molecule has 0 radical (unpaired) electrons. The fourth-order valence-electron chi connectivity index (χ4n) is 1.05. The predicted molar refractivity (Wildman–Crippen MR) is 58.0 cm³/mol. The van der Waals surface area contributed by atoms with E-state index >= 15 is 0 Å². The van der Waals surface area contributed by atoms with Gasteiger partial charge in [0.05, 0.1) is 0 Å². The molecule has 0 aliphatic rings. The Labute approximate surface area is 84.2 Å². The third-order valence-corrected chi connectivity index (χ3v) is 1.82. The van der Waals surface area contributed by atoms with Crippen molar-refractivity contribution in [2.24, 2.45) is 10.8 Å². The standard InChI is InChI=1S/C10H16N4/c1-3-6-12-10(14-11)9-5-4-8(2)13-7-9/h4-5,7H,3,6,11H2,1-2H3,(H,12,14). The maximum absolute atomic E-state index is 5.38. The molecule has 1 aromatic heterocycles. The van der Waals surface area contributed by atoms with E-state index in [-0.39, 0.29) is 0 Å². The molecule has 14 heavy (non-hydrogen) atoms. The van der Waals surface area contributed by atoms with Crippen LogP contribution in [0.2, 0.25) is 0 Å². The summed E-state index contributed by atoms with van der Waals surface area (Å²) < 4.78 is 0. The Balaban J connectivity index is 2.84. The monoisotopic (exact) mass is 192 g/mol. The lowest BCUT2D eigenvalue weighted by molar-refractivity contribution is 0.907. The second-order valence-electron chi connectivity index (χ2n) is 3.06. The highest BCUT2D eigenvalue weighted by atomic mass is 15.2. The van der Waals surface area contributed by atoms with E-state index in [1.165, 1.54) is 0 Å². The van der Waals surface area contributed by atoms with Crippen molar-refractivity contribution < 1.29 is 0 Å². The number of amidine groups is 1. The summed E-state index contributed by atoms with van der Waals surface area (Å²) in [5, 5.41) is 0. The molecule has 76 valence electrons. The van der Waals surface area contributed by atoms with Gasteiger partial charge >= 0.3 is 0 Å². The first-order chi connectivity index (χ1) is 6.77. The van der Waals surface area contributed by atoms with Crippen molar-refractivity contribution in [1.29, 1.82) is 0 Å². The van der Waals surface area contributed by atoms with Gasteiger partial charge in [0.15, 0.2) is 0 Å². The third kappa shape index (κ3) is 2.81. The molecule has 0 amide bonds. The van der Waals surface area contributed by atoms with Gasteiger partial charge in [-0.1, -0.05) is 6.92 Å². The average molecular weight is 192 g/mol. The highest BCUT2D eigenvalue weighted by molar-refractivity contribution is 5.98. The van der Waals surface area contributed by atoms with Gasteiger partial charge in [0, 0.05) is 24.0 Å². The lowest BCUT2D eigenvalue weighted by Crippen LogP contribution is -2.31. The summed E-state index contributed by atoms with van der Waals surface area (Å²) in [6.45, 7) is 4.79. The quantitative estimate of drug-likeness (QED) is 0.325. The molecule has 0 unspecified atom stereocenters. The highest BCUT2D eigenvalue weighted by Crippen LogP contribution is 1.99. The van der Waals surface area contributed by atoms with Gasteiger partial charge in [-0.05, 0) is 25.5 Å². The van der Waals surface area contributed by atoms with Crippen molar-refractivity contribution in [3.05, 3.63) is 29.6 Å². The molecule has 4 nitrogen and oxygen atoms in total. The number of hydrogen-bond donors (Lipinski definition) is 2. The average Bonchev–Trinajstić information content (AvgIpc) is 2.21. The number of aromatic nitrogens is 1. The Hall–Kier alpha value is -1.42. The van der Waals surface area contributed by atoms with Gasteiger partial charge in [-0.15, -0.1) is 0 Å². The van der Waals surface area contributed by atoms with Gasteiger partial charge in [-0.2, -0.15) is 0 Å². The number of nitrogens with two attached hydrogens (primary N) is 1. The highest BCUT2D eigenvalue weighted by Gasteiger charge is 2.00. The zero-order valence-electron chi connectivity index (χ0n) is 8.62. The Bertz CT molecular complexity index is 302. The molecule has 0 atom stereocenters. The summed E-state index contributed by atoms with van der Waals surface area (Å²) in [6, 6.07) is 3.89. The summed E-state index contributed by atoms with van der Waals surface area (Å²) in [7, 11) is 0. The van der Waals surface area contributed by atoms with Crippen LogP contribution in [0.1, 0.15) is 24.6 Å². The van der Waals surface area contributed by atoms with E-state index in [0.717, 1.165) is 24.2 Å². The number of nitrogens with one attached hydrogen (secondary N) is 1. The van der Waals surface area contributed by atoms with E-state index in [2.05, 4.69) is 22.3 Å². The van der Waals surface area contributed by atoms with Crippen molar-refractivity contribution in [2.45, 2.75) is 20.3 Å². The van der Waals surface area contributed by atoms with Gasteiger partial charge in [0.25, 0.3) is 0 Å². The number of hydrogen-bond acceptors (Lipinski definition) is 3. The Morgan fingerprint density at radius 3 is 2.86 bits per heavy atom. The SMILES string of the molecule is CCCN=C(NN)c1ccc(C)nc1. The molecule has 1 aromatic rings. The largest absolute Gasteiger partial charge is 0.308 e. The molecule has 0 spiro atoms. The Kier molecular flexibility index (Phi) is 4.07. The van der Waals surface area contributed by atoms with Crippen molar-refractivity contribution in [3.8, 4) is 0 Å². The summed E-state index contributed by atoms with van der Waals surface area (Å²) in [4.78, 5) is 8.48. The maximum atomic E-state index is 5.38. The van der Waals surface area contributed by atoms with Crippen LogP contribution in [-0.4, -0.2) is 17.4 Å². The molecule has 0 aliphatic heterocycles. The Morgan fingerprint density at radius 2 is 2.36 bits per heavy atom. The van der Waals surface area contributed by atoms with Gasteiger partial charge in [-0.25, -0.2) is 5.84 Å². The van der Waals surface area contributed by atoms with E-state index < -0.39 is 0 Å². The van der Waals surface area contributed by atoms with E-state index in [9.17, 15) is 0 Å². The van der Waals surface area contributed by atoms with Crippen LogP contribution in [0.15, 0.2) is 23.3 Å². The fourth-order valence-corrected chi connectivity index (χ4v) is 1.05. The number of pyridine rings is 1. The van der Waals surface area contributed by atoms with Gasteiger partial charge in [0.2, 0.25) is 0 Å². The van der Waals surface area contributed by atoms with Gasteiger partial charge in [0.1, 0.15) is 5.84 Å². The van der Waals surface area contributed by atoms with Crippen LogP contribution in [0.25, 0.3) is 0 Å². The van der Waals surface area contributed by atoms with Crippen LogP contribution in [-0.2, 0) is 0 Å². The molecule has 3 N–H and O–H groups in total. The number of rotatable bonds is 3. The molecule has 0 saturated heterocycles. The fraction of sp³-hybridized carbons (Fsp3) is 0.400. The van der Waals surface area contributed by atoms with Crippen LogP contribution in [0.5, 0.6) is 0 Å². The molecular formula is C10H16N4. The van der Waals surface area contributed by atoms with Gasteiger partial charge in [-0.3, -0.25) is 9.98 Å². The van der Waals surface area contributed by atoms with E-state index in [4.69, 9.17) is 5.84 Å². The molecular weight excluding hydrogens is 176 g/mol. The molecule has 0 saturated carbocycles. The summed E-state index contributed by atoms with van der Waals surface area (Å²) in [5.41, 5.74) is 4.49. The van der Waals surface area contributed by atoms with Crippen LogP contribution in [0.4, 0.5) is 0 Å². The lowest BCUT2D eigenvalue weighted by atomic mass is 10.2. The maximum Gasteiger partial charge on any atom is 0.144 e. The van der Waals surface area contributed by atoms with Crippen molar-refractivity contribution in [2.75, 3.05) is 6.54 Å². The van der Waals surface area contributed by atoms with Gasteiger partial charge < -0.3 is 5.43 Å². The molecule has 0 bridgehead atoms. The number of nitrogens with zero attached hydrogens (tertiary/aromatic N) is 2. The first-order valence-electron chi connectivity index (χ1n) is 4.72. The molecule has 1 rings (SSSR count). The zero-order chi connectivity index (χ0) is 10.4. The summed E-state index contributed by atoms with van der Waals surface area (Å²) in [6.07, 6.45) is 2.77. The molecule has 0 aliphatic carbocycles. The Morgan fingerprint density at radius 1 is 1.57 bits per heavy atom. The molecule has 4 heteroatoms. The first-order valence-corrected chi connectivity index (χ1v) is 4.72. The molecule has 1 heterocycles. The van der Waals surface area contributed by atoms with Crippen molar-refractivity contribution >= 4 is 5.84 Å².